The fraction of sp³-hybridized carbons (Fsp3) is 0.286. The number of aliphatic imine (C=N–C) groups is 1. The van der Waals surface area contributed by atoms with Gasteiger partial charge in [-0.05, 0) is 31.0 Å². The largest absolute Gasteiger partial charge is 0.366 e. The van der Waals surface area contributed by atoms with Crippen LogP contribution in [0.15, 0.2) is 52.4 Å². The summed E-state index contributed by atoms with van der Waals surface area (Å²) in [6.45, 7) is 1.23. The summed E-state index contributed by atoms with van der Waals surface area (Å²) >= 11 is 0. The van der Waals surface area contributed by atoms with Crippen molar-refractivity contribution >= 4 is 28.7 Å². The molecule has 150 valence electrons. The van der Waals surface area contributed by atoms with Crippen LogP contribution in [0.5, 0.6) is 0 Å². The smallest absolute Gasteiger partial charge is 0.270 e. The molecule has 2 aromatic rings. The Balaban J connectivity index is 1.54. The van der Waals surface area contributed by atoms with Crippen molar-refractivity contribution in [2.45, 2.75) is 25.3 Å². The number of aromatic nitrogens is 1. The van der Waals surface area contributed by atoms with E-state index in [2.05, 4.69) is 15.3 Å². The number of nitrogens with zero attached hydrogens (tertiary/aromatic N) is 2. The van der Waals surface area contributed by atoms with Gasteiger partial charge in [0.15, 0.2) is 0 Å². The van der Waals surface area contributed by atoms with Crippen molar-refractivity contribution in [3.8, 4) is 0 Å². The average Bonchev–Trinajstić information content (AvgIpc) is 3.18. The van der Waals surface area contributed by atoms with Crippen LogP contribution in [0.4, 0.5) is 15.8 Å². The molecule has 1 fully saturated rings. The first-order valence-corrected chi connectivity index (χ1v) is 9.58. The summed E-state index contributed by atoms with van der Waals surface area (Å²) in [7, 11) is 0. The highest BCUT2D eigenvalue weighted by atomic mass is 19.1. The molecule has 3 heterocycles. The third kappa shape index (κ3) is 4.12. The van der Waals surface area contributed by atoms with Crippen molar-refractivity contribution in [3.05, 3.63) is 64.3 Å². The first-order valence-electron chi connectivity index (χ1n) is 9.58. The van der Waals surface area contributed by atoms with Crippen molar-refractivity contribution in [2.75, 3.05) is 23.3 Å². The predicted molar refractivity (Wildman–Crippen MR) is 112 cm³/mol. The number of rotatable bonds is 4. The van der Waals surface area contributed by atoms with Gasteiger partial charge in [0.1, 0.15) is 11.5 Å². The molecule has 1 aromatic heterocycles. The molecular formula is C21H22FN5O2. The molecule has 7 nitrogen and oxygen atoms in total. The Morgan fingerprint density at radius 3 is 3.00 bits per heavy atom. The molecule has 1 aromatic carbocycles. The van der Waals surface area contributed by atoms with Crippen molar-refractivity contribution in [2.24, 2.45) is 10.7 Å². The molecule has 2 aliphatic rings. The monoisotopic (exact) mass is 395 g/mol. The maximum Gasteiger partial charge on any atom is 0.270 e. The van der Waals surface area contributed by atoms with Gasteiger partial charge < -0.3 is 20.9 Å². The van der Waals surface area contributed by atoms with Crippen molar-refractivity contribution in [1.29, 1.82) is 0 Å². The van der Waals surface area contributed by atoms with Gasteiger partial charge in [-0.1, -0.05) is 12.1 Å². The van der Waals surface area contributed by atoms with E-state index in [-0.39, 0.29) is 11.6 Å². The topological polar surface area (TPSA) is 104 Å². The van der Waals surface area contributed by atoms with E-state index in [0.29, 0.717) is 47.9 Å². The van der Waals surface area contributed by atoms with E-state index in [1.807, 2.05) is 4.90 Å². The van der Waals surface area contributed by atoms with Gasteiger partial charge in [-0.25, -0.2) is 9.38 Å². The Kier molecular flexibility index (Phi) is 5.26. The van der Waals surface area contributed by atoms with Crippen LogP contribution < -0.4 is 21.5 Å². The van der Waals surface area contributed by atoms with E-state index in [0.717, 1.165) is 12.8 Å². The van der Waals surface area contributed by atoms with E-state index in [1.54, 1.807) is 24.3 Å². The molecule has 0 saturated carbocycles. The van der Waals surface area contributed by atoms with Gasteiger partial charge in [0.25, 0.3) is 5.91 Å². The summed E-state index contributed by atoms with van der Waals surface area (Å²) in [4.78, 5) is 33.0. The van der Waals surface area contributed by atoms with Gasteiger partial charge in [0.05, 0.1) is 17.1 Å². The summed E-state index contributed by atoms with van der Waals surface area (Å²) in [5.41, 5.74) is 8.09. The van der Waals surface area contributed by atoms with Crippen LogP contribution in [-0.2, 0) is 4.79 Å². The van der Waals surface area contributed by atoms with Crippen LogP contribution >= 0.6 is 0 Å². The van der Waals surface area contributed by atoms with Crippen LogP contribution in [0.2, 0.25) is 0 Å². The molecule has 4 rings (SSSR count). The molecule has 4 N–H and O–H groups in total. The minimum atomic E-state index is -0.396. The molecule has 0 radical (unpaired) electrons. The average molecular weight is 395 g/mol. The molecule has 0 bridgehead atoms. The maximum atomic E-state index is 14.6. The maximum absolute atomic E-state index is 14.6. The number of para-hydroxylation sites is 1. The molecule has 29 heavy (non-hydrogen) atoms. The third-order valence-corrected chi connectivity index (χ3v) is 5.09. The molecule has 1 atom stereocenters. The number of benzene rings is 1. The zero-order chi connectivity index (χ0) is 20.4. The molecule has 0 aliphatic carbocycles. The number of H-pyrrole nitrogens is 1. The number of hydrogen-bond acceptors (Lipinski definition) is 5. The molecule has 1 amide bonds. The Labute approximate surface area is 167 Å². The van der Waals surface area contributed by atoms with Gasteiger partial charge in [-0.3, -0.25) is 9.59 Å². The van der Waals surface area contributed by atoms with E-state index in [9.17, 15) is 14.0 Å². The lowest BCUT2D eigenvalue weighted by Gasteiger charge is -2.34. The second kappa shape index (κ2) is 8.00. The van der Waals surface area contributed by atoms with Crippen molar-refractivity contribution in [3.63, 3.8) is 0 Å². The number of nitrogens with two attached hydrogens (primary N) is 1. The van der Waals surface area contributed by atoms with Gasteiger partial charge in [0, 0.05) is 43.4 Å². The molecule has 8 heteroatoms. The first-order chi connectivity index (χ1) is 14.0. The van der Waals surface area contributed by atoms with Crippen molar-refractivity contribution in [1.82, 2.24) is 4.98 Å². The number of allylic oxidation sites excluding steroid dienone is 1. The number of carbonyl (C=O) groups excluding carboxylic acids is 1. The Bertz CT molecular complexity index is 1060. The third-order valence-electron chi connectivity index (χ3n) is 5.09. The number of hydrogen-bond donors (Lipinski definition) is 3. The molecule has 0 unspecified atom stereocenters. The SMILES string of the molecule is N[C@@H]1CCCN(c2c(F)cccc2NC(=O)C2=NC(c3cc[nH]c(=O)c3)=CC2)C1. The zero-order valence-electron chi connectivity index (χ0n) is 15.8. The summed E-state index contributed by atoms with van der Waals surface area (Å²) < 4.78 is 14.6. The zero-order valence-corrected chi connectivity index (χ0v) is 15.8. The Morgan fingerprint density at radius 2 is 2.21 bits per heavy atom. The summed E-state index contributed by atoms with van der Waals surface area (Å²) in [5.74, 6) is -0.790. The van der Waals surface area contributed by atoms with E-state index in [4.69, 9.17) is 5.73 Å². The predicted octanol–water partition coefficient (Wildman–Crippen LogP) is 2.27. The highest BCUT2D eigenvalue weighted by Crippen LogP contribution is 2.31. The minimum Gasteiger partial charge on any atom is -0.366 e. The van der Waals surface area contributed by atoms with Crippen LogP contribution in [0.1, 0.15) is 24.8 Å². The fourth-order valence-electron chi connectivity index (χ4n) is 3.70. The van der Waals surface area contributed by atoms with Crippen molar-refractivity contribution < 1.29 is 9.18 Å². The number of pyridine rings is 1. The number of nitrogens with one attached hydrogen (secondary N) is 2. The second-order valence-electron chi connectivity index (χ2n) is 7.23. The highest BCUT2D eigenvalue weighted by molar-refractivity contribution is 6.45. The lowest BCUT2D eigenvalue weighted by molar-refractivity contribution is -0.110. The quantitative estimate of drug-likeness (QED) is 0.739. The van der Waals surface area contributed by atoms with Gasteiger partial charge in [-0.15, -0.1) is 0 Å². The minimum absolute atomic E-state index is 0.0214. The van der Waals surface area contributed by atoms with E-state index < -0.39 is 11.7 Å². The number of carbonyl (C=O) groups is 1. The van der Waals surface area contributed by atoms with Crippen LogP contribution in [0.25, 0.3) is 5.70 Å². The number of aromatic amines is 1. The molecule has 2 aliphatic heterocycles. The van der Waals surface area contributed by atoms with Gasteiger partial charge in [0.2, 0.25) is 5.56 Å². The summed E-state index contributed by atoms with van der Waals surface area (Å²) in [6, 6.07) is 7.76. The molecule has 0 spiro atoms. The van der Waals surface area contributed by atoms with Crippen LogP contribution in [0, 0.1) is 5.82 Å². The number of amides is 1. The van der Waals surface area contributed by atoms with Gasteiger partial charge >= 0.3 is 0 Å². The molecule has 1 saturated heterocycles. The fourth-order valence-corrected chi connectivity index (χ4v) is 3.70. The van der Waals surface area contributed by atoms with Gasteiger partial charge in [-0.2, -0.15) is 0 Å². The normalized spacial score (nSPS) is 19.0. The van der Waals surface area contributed by atoms with E-state index >= 15 is 0 Å². The summed E-state index contributed by atoms with van der Waals surface area (Å²) in [6.07, 6.45) is 5.45. The van der Waals surface area contributed by atoms with E-state index in [1.165, 1.54) is 18.3 Å². The lowest BCUT2D eigenvalue weighted by atomic mass is 10.1. The van der Waals surface area contributed by atoms with Crippen LogP contribution in [-0.4, -0.2) is 35.7 Å². The molecular weight excluding hydrogens is 373 g/mol. The second-order valence-corrected chi connectivity index (χ2v) is 7.23. The Hall–Kier alpha value is -3.26. The number of anilines is 2. The standard InChI is InChI=1S/C21H22FN5O2/c22-15-4-1-5-17(20(15)27-10-2-3-14(23)12-27)26-21(29)18-7-6-16(25-18)13-8-9-24-19(28)11-13/h1,4-6,8-9,11,14H,2-3,7,10,12,23H2,(H,24,28)(H,26,29)/t14-/m1/s1. The summed E-state index contributed by atoms with van der Waals surface area (Å²) in [5, 5.41) is 2.80. The van der Waals surface area contributed by atoms with Crippen LogP contribution in [0.3, 0.4) is 0 Å². The highest BCUT2D eigenvalue weighted by Gasteiger charge is 2.24. The number of halogens is 1. The lowest BCUT2D eigenvalue weighted by Crippen LogP contribution is -2.43. The first kappa shape index (κ1) is 19.1. The Morgan fingerprint density at radius 1 is 1.34 bits per heavy atom. The number of piperidine rings is 1.